The highest BCUT2D eigenvalue weighted by Crippen LogP contribution is 2.14. The molecule has 0 aliphatic heterocycles. The van der Waals surface area contributed by atoms with E-state index in [0.29, 0.717) is 18.0 Å². The third kappa shape index (κ3) is 4.42. The first kappa shape index (κ1) is 16.7. The molecule has 0 fully saturated rings. The number of carbonyl (C=O) groups excluding carboxylic acids is 2. The minimum absolute atomic E-state index is 0.272. The lowest BCUT2D eigenvalue weighted by Gasteiger charge is -2.13. The highest BCUT2D eigenvalue weighted by atomic mass is 16.5. The van der Waals surface area contributed by atoms with E-state index in [-0.39, 0.29) is 11.5 Å². The molecule has 0 aliphatic carbocycles. The average Bonchev–Trinajstić information content (AvgIpc) is 2.87. The third-order valence-electron chi connectivity index (χ3n) is 3.45. The minimum Gasteiger partial charge on any atom is -0.449 e. The Morgan fingerprint density at radius 2 is 1.96 bits per heavy atom. The zero-order valence-corrected chi connectivity index (χ0v) is 13.5. The molecule has 6 nitrogen and oxygen atoms in total. The number of aryl methyl sites for hydroxylation is 2. The van der Waals surface area contributed by atoms with Gasteiger partial charge in [-0.3, -0.25) is 4.79 Å². The maximum Gasteiger partial charge on any atom is 0.344 e. The number of carbonyl (C=O) groups is 2. The molecule has 1 N–H and O–H groups in total. The molecule has 23 heavy (non-hydrogen) atoms. The SMILES string of the molecule is Cc1noc(C)c1C(=O)O[C@@H](C)C(=O)NCCc1ccccc1. The van der Waals surface area contributed by atoms with Crippen molar-refractivity contribution in [3.63, 3.8) is 0 Å². The lowest BCUT2D eigenvalue weighted by atomic mass is 10.1. The Labute approximate surface area is 134 Å². The Morgan fingerprint density at radius 1 is 1.26 bits per heavy atom. The smallest absolute Gasteiger partial charge is 0.344 e. The van der Waals surface area contributed by atoms with Gasteiger partial charge in [0, 0.05) is 6.54 Å². The van der Waals surface area contributed by atoms with E-state index < -0.39 is 12.1 Å². The molecule has 6 heteroatoms. The Balaban J connectivity index is 1.82. The van der Waals surface area contributed by atoms with Gasteiger partial charge in [0.15, 0.2) is 6.10 Å². The lowest BCUT2D eigenvalue weighted by molar-refractivity contribution is -0.129. The van der Waals surface area contributed by atoms with E-state index in [1.165, 1.54) is 6.92 Å². The van der Waals surface area contributed by atoms with Crippen molar-refractivity contribution in [1.82, 2.24) is 10.5 Å². The first-order chi connectivity index (χ1) is 11.0. The number of amides is 1. The second-order valence-electron chi connectivity index (χ2n) is 5.27. The predicted molar refractivity (Wildman–Crippen MR) is 84.0 cm³/mol. The normalized spacial score (nSPS) is 11.8. The van der Waals surface area contributed by atoms with E-state index in [9.17, 15) is 9.59 Å². The predicted octanol–water partition coefficient (Wildman–Crippen LogP) is 2.20. The molecular weight excluding hydrogens is 296 g/mol. The fourth-order valence-electron chi connectivity index (χ4n) is 2.17. The summed E-state index contributed by atoms with van der Waals surface area (Å²) in [6.07, 6.45) is -0.163. The minimum atomic E-state index is -0.882. The van der Waals surface area contributed by atoms with Crippen molar-refractivity contribution in [2.24, 2.45) is 0 Å². The van der Waals surface area contributed by atoms with Crippen LogP contribution < -0.4 is 5.32 Å². The van der Waals surface area contributed by atoms with Gasteiger partial charge in [-0.1, -0.05) is 35.5 Å². The Hall–Kier alpha value is -2.63. The molecule has 122 valence electrons. The average molecular weight is 316 g/mol. The summed E-state index contributed by atoms with van der Waals surface area (Å²) >= 11 is 0. The summed E-state index contributed by atoms with van der Waals surface area (Å²) in [7, 11) is 0. The van der Waals surface area contributed by atoms with Crippen molar-refractivity contribution >= 4 is 11.9 Å². The highest BCUT2D eigenvalue weighted by Gasteiger charge is 2.23. The first-order valence-corrected chi connectivity index (χ1v) is 7.44. The van der Waals surface area contributed by atoms with Crippen molar-refractivity contribution in [2.45, 2.75) is 33.3 Å². The molecule has 1 atom stereocenters. The molecule has 2 aromatic rings. The largest absolute Gasteiger partial charge is 0.449 e. The van der Waals surface area contributed by atoms with Crippen LogP contribution >= 0.6 is 0 Å². The van der Waals surface area contributed by atoms with Gasteiger partial charge >= 0.3 is 5.97 Å². The van der Waals surface area contributed by atoms with Crippen molar-refractivity contribution in [3.8, 4) is 0 Å². The monoisotopic (exact) mass is 316 g/mol. The molecule has 2 rings (SSSR count). The summed E-state index contributed by atoms with van der Waals surface area (Å²) in [6, 6.07) is 9.83. The standard InChI is InChI=1S/C17H20N2O4/c1-11-15(12(2)23-19-11)17(21)22-13(3)16(20)18-10-9-14-7-5-4-6-8-14/h4-8,13H,9-10H2,1-3H3,(H,18,20)/t13-/m0/s1. The van der Waals surface area contributed by atoms with E-state index in [4.69, 9.17) is 9.26 Å². The van der Waals surface area contributed by atoms with Crippen molar-refractivity contribution in [2.75, 3.05) is 6.54 Å². The quantitative estimate of drug-likeness (QED) is 0.826. The first-order valence-electron chi connectivity index (χ1n) is 7.44. The van der Waals surface area contributed by atoms with Gasteiger partial charge in [-0.15, -0.1) is 0 Å². The molecule has 0 aliphatic rings. The molecule has 1 aromatic carbocycles. The lowest BCUT2D eigenvalue weighted by Crippen LogP contribution is -2.37. The zero-order chi connectivity index (χ0) is 16.8. The number of rotatable bonds is 6. The number of hydrogen-bond acceptors (Lipinski definition) is 5. The molecule has 0 radical (unpaired) electrons. The number of aromatic nitrogens is 1. The summed E-state index contributed by atoms with van der Waals surface area (Å²) < 4.78 is 10.1. The van der Waals surface area contributed by atoms with Gasteiger partial charge in [0.25, 0.3) is 5.91 Å². The van der Waals surface area contributed by atoms with E-state index in [1.807, 2.05) is 30.3 Å². The maximum absolute atomic E-state index is 12.1. The van der Waals surface area contributed by atoms with Crippen LogP contribution in [0.15, 0.2) is 34.9 Å². The highest BCUT2D eigenvalue weighted by molar-refractivity contribution is 5.93. The molecule has 1 amide bonds. The van der Waals surface area contributed by atoms with Crippen LogP contribution in [0.3, 0.4) is 0 Å². The summed E-state index contributed by atoms with van der Waals surface area (Å²) in [6.45, 7) is 5.29. The van der Waals surface area contributed by atoms with Crippen LogP contribution in [0, 0.1) is 13.8 Å². The molecule has 0 saturated carbocycles. The van der Waals surface area contributed by atoms with Crippen LogP contribution in [0.5, 0.6) is 0 Å². The molecule has 0 unspecified atom stereocenters. The molecule has 0 bridgehead atoms. The number of esters is 1. The summed E-state index contributed by atoms with van der Waals surface area (Å²) in [5.74, 6) is -0.558. The van der Waals surface area contributed by atoms with Crippen LogP contribution in [0.2, 0.25) is 0 Å². The van der Waals surface area contributed by atoms with Gasteiger partial charge in [0.05, 0.1) is 5.69 Å². The van der Waals surface area contributed by atoms with Crippen LogP contribution in [-0.4, -0.2) is 29.7 Å². The van der Waals surface area contributed by atoms with Gasteiger partial charge in [-0.25, -0.2) is 4.79 Å². The number of nitrogens with one attached hydrogen (secondary N) is 1. The fraction of sp³-hybridized carbons (Fsp3) is 0.353. The summed E-state index contributed by atoms with van der Waals surface area (Å²) in [4.78, 5) is 24.0. The maximum atomic E-state index is 12.1. The van der Waals surface area contributed by atoms with E-state index in [0.717, 1.165) is 12.0 Å². The van der Waals surface area contributed by atoms with Crippen LogP contribution in [0.1, 0.15) is 34.3 Å². The molecule has 1 aromatic heterocycles. The van der Waals surface area contributed by atoms with E-state index in [2.05, 4.69) is 10.5 Å². The Kier molecular flexibility index (Phi) is 5.51. The van der Waals surface area contributed by atoms with E-state index in [1.54, 1.807) is 13.8 Å². The third-order valence-corrected chi connectivity index (χ3v) is 3.45. The Morgan fingerprint density at radius 3 is 2.57 bits per heavy atom. The van der Waals surface area contributed by atoms with Crippen molar-refractivity contribution in [3.05, 3.63) is 52.9 Å². The van der Waals surface area contributed by atoms with Gasteiger partial charge in [-0.2, -0.15) is 0 Å². The number of nitrogens with zero attached hydrogens (tertiary/aromatic N) is 1. The van der Waals surface area contributed by atoms with Crippen LogP contribution in [0.4, 0.5) is 0 Å². The van der Waals surface area contributed by atoms with Gasteiger partial charge < -0.3 is 14.6 Å². The number of ether oxygens (including phenoxy) is 1. The second kappa shape index (κ2) is 7.58. The molecule has 0 spiro atoms. The van der Waals surface area contributed by atoms with Gasteiger partial charge in [0.1, 0.15) is 11.3 Å². The summed E-state index contributed by atoms with van der Waals surface area (Å²) in [5.41, 5.74) is 1.85. The van der Waals surface area contributed by atoms with Gasteiger partial charge in [-0.05, 0) is 32.8 Å². The topological polar surface area (TPSA) is 81.4 Å². The van der Waals surface area contributed by atoms with Crippen LogP contribution in [-0.2, 0) is 16.0 Å². The zero-order valence-electron chi connectivity index (χ0n) is 13.5. The van der Waals surface area contributed by atoms with Gasteiger partial charge in [0.2, 0.25) is 0 Å². The molecular formula is C17H20N2O4. The van der Waals surface area contributed by atoms with Crippen molar-refractivity contribution < 1.29 is 18.8 Å². The molecule has 1 heterocycles. The molecule has 0 saturated heterocycles. The second-order valence-corrected chi connectivity index (χ2v) is 5.27. The van der Waals surface area contributed by atoms with Crippen LogP contribution in [0.25, 0.3) is 0 Å². The fourth-order valence-corrected chi connectivity index (χ4v) is 2.17. The Bertz CT molecular complexity index is 660. The van der Waals surface area contributed by atoms with E-state index >= 15 is 0 Å². The number of hydrogen-bond donors (Lipinski definition) is 1. The van der Waals surface area contributed by atoms with Crippen molar-refractivity contribution in [1.29, 1.82) is 0 Å². The summed E-state index contributed by atoms with van der Waals surface area (Å²) in [5, 5.41) is 6.45. The number of benzene rings is 1.